The maximum atomic E-state index is 10.5. The summed E-state index contributed by atoms with van der Waals surface area (Å²) >= 11 is 1.32. The number of thioether (sulfide) groups is 1. The summed E-state index contributed by atoms with van der Waals surface area (Å²) in [4.78, 5) is 10.7. The minimum atomic E-state index is -0.411. The van der Waals surface area contributed by atoms with Gasteiger partial charge in [-0.3, -0.25) is 16.0 Å². The molecule has 5 nitrogen and oxygen atoms in total. The van der Waals surface area contributed by atoms with E-state index in [0.717, 1.165) is 0 Å². The van der Waals surface area contributed by atoms with Crippen molar-refractivity contribution in [2.45, 2.75) is 4.90 Å². The van der Waals surface area contributed by atoms with Gasteiger partial charge in [0.25, 0.3) is 5.69 Å². The summed E-state index contributed by atoms with van der Waals surface area (Å²) in [6, 6.07) is 4.64. The lowest BCUT2D eigenvalue weighted by Gasteiger charge is -2.02. The lowest BCUT2D eigenvalue weighted by atomic mass is 10.3. The number of nitrogens with two attached hydrogens (primary N) is 1. The summed E-state index contributed by atoms with van der Waals surface area (Å²) in [5, 5.41) is 10.5. The number of benzene rings is 1. The van der Waals surface area contributed by atoms with Crippen LogP contribution in [-0.2, 0) is 0 Å². The van der Waals surface area contributed by atoms with E-state index in [9.17, 15) is 10.1 Å². The fourth-order valence-electron chi connectivity index (χ4n) is 0.918. The number of nitro groups is 1. The Labute approximate surface area is 79.4 Å². The van der Waals surface area contributed by atoms with Crippen molar-refractivity contribution in [3.63, 3.8) is 0 Å². The third-order valence-corrected chi connectivity index (χ3v) is 2.31. The average Bonchev–Trinajstić information content (AvgIpc) is 2.16. The SMILES string of the molecule is CSc1cc(NN)ccc1[N+](=O)[O-]. The summed E-state index contributed by atoms with van der Waals surface area (Å²) in [6.07, 6.45) is 1.78. The zero-order valence-corrected chi connectivity index (χ0v) is 7.80. The molecule has 70 valence electrons. The van der Waals surface area contributed by atoms with Gasteiger partial charge in [0, 0.05) is 6.07 Å². The van der Waals surface area contributed by atoms with Crippen LogP contribution in [0.5, 0.6) is 0 Å². The minimum Gasteiger partial charge on any atom is -0.324 e. The van der Waals surface area contributed by atoms with Gasteiger partial charge in [0.05, 0.1) is 15.5 Å². The zero-order chi connectivity index (χ0) is 9.84. The Morgan fingerprint density at radius 3 is 2.77 bits per heavy atom. The second-order valence-corrected chi connectivity index (χ2v) is 3.14. The van der Waals surface area contributed by atoms with Crippen molar-refractivity contribution in [1.82, 2.24) is 0 Å². The fourth-order valence-corrected chi connectivity index (χ4v) is 1.51. The van der Waals surface area contributed by atoms with Crippen LogP contribution in [0.15, 0.2) is 23.1 Å². The van der Waals surface area contributed by atoms with Crippen LogP contribution in [0.2, 0.25) is 0 Å². The number of hydrazine groups is 1. The molecule has 3 N–H and O–H groups in total. The van der Waals surface area contributed by atoms with Crippen molar-refractivity contribution in [1.29, 1.82) is 0 Å². The minimum absolute atomic E-state index is 0.103. The van der Waals surface area contributed by atoms with E-state index in [0.29, 0.717) is 10.6 Å². The van der Waals surface area contributed by atoms with Crippen molar-refractivity contribution in [2.75, 3.05) is 11.7 Å². The van der Waals surface area contributed by atoms with E-state index in [4.69, 9.17) is 5.84 Å². The lowest BCUT2D eigenvalue weighted by molar-refractivity contribution is -0.387. The molecule has 0 amide bonds. The molecule has 0 atom stereocenters. The van der Waals surface area contributed by atoms with Gasteiger partial charge in [0.1, 0.15) is 0 Å². The molecule has 0 unspecified atom stereocenters. The number of nitrogen functional groups attached to an aromatic ring is 1. The highest BCUT2D eigenvalue weighted by Gasteiger charge is 2.12. The standard InChI is InChI=1S/C7H9N3O2S/c1-13-7-4-5(9-8)2-3-6(7)10(11)12/h2-4,9H,8H2,1H3. The zero-order valence-electron chi connectivity index (χ0n) is 6.98. The maximum Gasteiger partial charge on any atom is 0.283 e. The molecule has 6 heteroatoms. The van der Waals surface area contributed by atoms with Crippen LogP contribution in [0.3, 0.4) is 0 Å². The molecule has 0 heterocycles. The van der Waals surface area contributed by atoms with Crippen molar-refractivity contribution in [2.24, 2.45) is 5.84 Å². The topological polar surface area (TPSA) is 81.2 Å². The summed E-state index contributed by atoms with van der Waals surface area (Å²) in [5.74, 6) is 5.17. The number of rotatable bonds is 3. The van der Waals surface area contributed by atoms with Gasteiger partial charge in [-0.2, -0.15) is 0 Å². The summed E-state index contributed by atoms with van der Waals surface area (Å²) < 4.78 is 0. The van der Waals surface area contributed by atoms with Gasteiger partial charge < -0.3 is 5.43 Å². The van der Waals surface area contributed by atoms with E-state index < -0.39 is 4.92 Å². The Morgan fingerprint density at radius 2 is 2.31 bits per heavy atom. The van der Waals surface area contributed by atoms with Crippen LogP contribution in [0.25, 0.3) is 0 Å². The first-order valence-corrected chi connectivity index (χ1v) is 4.70. The van der Waals surface area contributed by atoms with E-state index in [-0.39, 0.29) is 5.69 Å². The van der Waals surface area contributed by atoms with E-state index in [2.05, 4.69) is 5.43 Å². The highest BCUT2D eigenvalue weighted by atomic mass is 32.2. The Morgan fingerprint density at radius 1 is 1.62 bits per heavy atom. The molecular weight excluding hydrogens is 190 g/mol. The Bertz CT molecular complexity index is 330. The van der Waals surface area contributed by atoms with Crippen LogP contribution in [-0.4, -0.2) is 11.2 Å². The Balaban J connectivity index is 3.15. The highest BCUT2D eigenvalue weighted by Crippen LogP contribution is 2.29. The molecule has 0 radical (unpaired) electrons. The van der Waals surface area contributed by atoms with E-state index in [1.165, 1.54) is 17.8 Å². The van der Waals surface area contributed by atoms with E-state index in [1.807, 2.05) is 0 Å². The van der Waals surface area contributed by atoms with E-state index >= 15 is 0 Å². The third-order valence-electron chi connectivity index (χ3n) is 1.54. The predicted molar refractivity (Wildman–Crippen MR) is 52.7 cm³/mol. The van der Waals surface area contributed by atoms with Gasteiger partial charge in [-0.15, -0.1) is 11.8 Å². The molecule has 1 rings (SSSR count). The predicted octanol–water partition coefficient (Wildman–Crippen LogP) is 1.60. The maximum absolute atomic E-state index is 10.5. The molecule has 0 aliphatic rings. The lowest BCUT2D eigenvalue weighted by Crippen LogP contribution is -2.06. The molecule has 0 aromatic heterocycles. The molecule has 0 aliphatic carbocycles. The number of nitrogens with one attached hydrogen (secondary N) is 1. The largest absolute Gasteiger partial charge is 0.324 e. The number of hydrogen-bond donors (Lipinski definition) is 2. The van der Waals surface area contributed by atoms with Crippen LogP contribution in [0.1, 0.15) is 0 Å². The molecule has 1 aromatic rings. The van der Waals surface area contributed by atoms with Crippen molar-refractivity contribution in [3.8, 4) is 0 Å². The van der Waals surface area contributed by atoms with Crippen molar-refractivity contribution < 1.29 is 4.92 Å². The first-order chi connectivity index (χ1) is 6.19. The first kappa shape index (κ1) is 9.82. The molecule has 0 bridgehead atoms. The molecule has 0 aliphatic heterocycles. The number of nitrogens with zero attached hydrogens (tertiary/aromatic N) is 1. The van der Waals surface area contributed by atoms with E-state index in [1.54, 1.807) is 18.4 Å². The van der Waals surface area contributed by atoms with Gasteiger partial charge in [-0.25, -0.2) is 0 Å². The summed E-state index contributed by atoms with van der Waals surface area (Å²) in [7, 11) is 0. The van der Waals surface area contributed by atoms with Gasteiger partial charge in [0.2, 0.25) is 0 Å². The normalized spacial score (nSPS) is 9.69. The molecule has 0 saturated heterocycles. The number of hydrogen-bond acceptors (Lipinski definition) is 5. The number of nitro benzene ring substituents is 1. The fraction of sp³-hybridized carbons (Fsp3) is 0.143. The molecule has 1 aromatic carbocycles. The summed E-state index contributed by atoms with van der Waals surface area (Å²) in [5.41, 5.74) is 3.20. The molecule has 0 saturated carbocycles. The summed E-state index contributed by atoms with van der Waals surface area (Å²) in [6.45, 7) is 0. The molecule has 0 fully saturated rings. The van der Waals surface area contributed by atoms with Crippen molar-refractivity contribution in [3.05, 3.63) is 28.3 Å². The van der Waals surface area contributed by atoms with Crippen LogP contribution in [0.4, 0.5) is 11.4 Å². The van der Waals surface area contributed by atoms with Crippen molar-refractivity contribution >= 4 is 23.1 Å². The third kappa shape index (κ3) is 2.10. The Kier molecular flexibility index (Phi) is 3.10. The van der Waals surface area contributed by atoms with Gasteiger partial charge in [0.15, 0.2) is 0 Å². The van der Waals surface area contributed by atoms with Gasteiger partial charge in [-0.05, 0) is 18.4 Å². The molecule has 0 spiro atoms. The van der Waals surface area contributed by atoms with Gasteiger partial charge >= 0.3 is 0 Å². The monoisotopic (exact) mass is 199 g/mol. The van der Waals surface area contributed by atoms with Gasteiger partial charge in [-0.1, -0.05) is 0 Å². The van der Waals surface area contributed by atoms with Crippen LogP contribution in [0, 0.1) is 10.1 Å². The smallest absolute Gasteiger partial charge is 0.283 e. The quantitative estimate of drug-likeness (QED) is 0.334. The molecular formula is C7H9N3O2S. The van der Waals surface area contributed by atoms with Crippen LogP contribution >= 0.6 is 11.8 Å². The average molecular weight is 199 g/mol. The van der Waals surface area contributed by atoms with Crippen LogP contribution < -0.4 is 11.3 Å². The number of anilines is 1. The molecule has 13 heavy (non-hydrogen) atoms. The second-order valence-electron chi connectivity index (χ2n) is 2.29. The first-order valence-electron chi connectivity index (χ1n) is 3.48. The Hall–Kier alpha value is -1.27. The highest BCUT2D eigenvalue weighted by molar-refractivity contribution is 7.98. The second kappa shape index (κ2) is 4.11.